The number of hydrogen-bond acceptors (Lipinski definition) is 6. The maximum Gasteiger partial charge on any atom is 0.325 e. The third-order valence-electron chi connectivity index (χ3n) is 6.47. The highest BCUT2D eigenvalue weighted by molar-refractivity contribution is 6.09. The Balaban J connectivity index is 1.31. The molecule has 0 radical (unpaired) electrons. The number of carbonyl (C=O) groups excluding carboxylic acids is 4. The summed E-state index contributed by atoms with van der Waals surface area (Å²) in [5.74, 6) is 0.229. The Morgan fingerprint density at radius 3 is 2.50 bits per heavy atom. The van der Waals surface area contributed by atoms with Gasteiger partial charge in [-0.2, -0.15) is 0 Å². The van der Waals surface area contributed by atoms with E-state index in [1.54, 1.807) is 61.6 Å². The fourth-order valence-electron chi connectivity index (χ4n) is 4.32. The van der Waals surface area contributed by atoms with E-state index < -0.39 is 17.5 Å². The van der Waals surface area contributed by atoms with Crippen molar-refractivity contribution in [2.24, 2.45) is 5.92 Å². The quantitative estimate of drug-likeness (QED) is 0.596. The van der Waals surface area contributed by atoms with E-state index in [2.05, 4.69) is 10.6 Å². The van der Waals surface area contributed by atoms with Gasteiger partial charge in [-0.15, -0.1) is 0 Å². The van der Waals surface area contributed by atoms with Gasteiger partial charge in [0.1, 0.15) is 23.6 Å². The van der Waals surface area contributed by atoms with Gasteiger partial charge in [-0.1, -0.05) is 12.1 Å². The van der Waals surface area contributed by atoms with Gasteiger partial charge in [0.15, 0.2) is 0 Å². The van der Waals surface area contributed by atoms with Crippen molar-refractivity contribution in [3.05, 3.63) is 54.0 Å². The van der Waals surface area contributed by atoms with Crippen LogP contribution in [0.3, 0.4) is 0 Å². The molecule has 0 aliphatic carbocycles. The number of ether oxygens (including phenoxy) is 1. The number of imide groups is 1. The molecule has 2 aliphatic heterocycles. The summed E-state index contributed by atoms with van der Waals surface area (Å²) in [6.07, 6.45) is 2.58. The van der Waals surface area contributed by atoms with Gasteiger partial charge in [0, 0.05) is 19.0 Å². The fraction of sp³-hybridized carbons (Fsp3) is 0.417. The molecule has 1 atom stereocenters. The number of likely N-dealkylation sites (tertiary alicyclic amines) is 1. The van der Waals surface area contributed by atoms with Crippen LogP contribution in [0.2, 0.25) is 0 Å². The Morgan fingerprint density at radius 1 is 1.18 bits per heavy atom. The number of piperidine rings is 1. The molecule has 5 amide bonds. The molecule has 4 rings (SSSR count). The lowest BCUT2D eigenvalue weighted by atomic mass is 9.92. The molecular formula is C24H28N4O6. The summed E-state index contributed by atoms with van der Waals surface area (Å²) in [5.41, 5.74) is -0.661. The zero-order valence-electron chi connectivity index (χ0n) is 19.2. The number of rotatable bonds is 7. The molecule has 1 aromatic heterocycles. The number of benzene rings is 1. The lowest BCUT2D eigenvalue weighted by Crippen LogP contribution is -2.48. The predicted octanol–water partition coefficient (Wildman–Crippen LogP) is 1.61. The van der Waals surface area contributed by atoms with Crippen molar-refractivity contribution >= 4 is 23.8 Å². The molecule has 180 valence electrons. The van der Waals surface area contributed by atoms with Crippen LogP contribution >= 0.6 is 0 Å². The summed E-state index contributed by atoms with van der Waals surface area (Å²) in [6.45, 7) is 2.37. The third-order valence-corrected chi connectivity index (χ3v) is 6.47. The molecular weight excluding hydrogens is 440 g/mol. The average molecular weight is 469 g/mol. The summed E-state index contributed by atoms with van der Waals surface area (Å²) < 4.78 is 10.4. The summed E-state index contributed by atoms with van der Waals surface area (Å²) in [5, 5.41) is 5.56. The molecule has 2 saturated heterocycles. The van der Waals surface area contributed by atoms with Crippen LogP contribution in [0, 0.1) is 5.92 Å². The van der Waals surface area contributed by atoms with Crippen molar-refractivity contribution in [3.63, 3.8) is 0 Å². The summed E-state index contributed by atoms with van der Waals surface area (Å²) in [6, 6.07) is 9.79. The molecule has 2 aliphatic rings. The Kier molecular flexibility index (Phi) is 6.58. The zero-order valence-corrected chi connectivity index (χ0v) is 19.2. The molecule has 1 aromatic carbocycles. The largest absolute Gasteiger partial charge is 0.497 e. The van der Waals surface area contributed by atoms with Crippen molar-refractivity contribution in [2.75, 3.05) is 26.7 Å². The smallest absolute Gasteiger partial charge is 0.325 e. The van der Waals surface area contributed by atoms with E-state index in [-0.39, 0.29) is 24.3 Å². The van der Waals surface area contributed by atoms with Crippen LogP contribution in [-0.4, -0.2) is 60.3 Å². The van der Waals surface area contributed by atoms with Crippen LogP contribution in [0.4, 0.5) is 4.79 Å². The van der Waals surface area contributed by atoms with Crippen LogP contribution in [0.15, 0.2) is 47.1 Å². The van der Waals surface area contributed by atoms with E-state index in [1.165, 1.54) is 0 Å². The topological polar surface area (TPSA) is 121 Å². The second-order valence-electron chi connectivity index (χ2n) is 8.63. The monoisotopic (exact) mass is 468 g/mol. The first-order valence-electron chi connectivity index (χ1n) is 11.2. The van der Waals surface area contributed by atoms with Crippen LogP contribution in [-0.2, 0) is 26.5 Å². The van der Waals surface area contributed by atoms with Gasteiger partial charge in [0.05, 0.1) is 19.9 Å². The molecule has 2 aromatic rings. The minimum absolute atomic E-state index is 0.0761. The Morgan fingerprint density at radius 2 is 1.88 bits per heavy atom. The Hall–Kier alpha value is -3.82. The second-order valence-corrected chi connectivity index (χ2v) is 8.63. The van der Waals surface area contributed by atoms with E-state index in [4.69, 9.17) is 9.15 Å². The number of amides is 5. The first-order chi connectivity index (χ1) is 16.3. The minimum Gasteiger partial charge on any atom is -0.497 e. The van der Waals surface area contributed by atoms with Gasteiger partial charge in [-0.25, -0.2) is 4.79 Å². The third kappa shape index (κ3) is 4.61. The highest BCUT2D eigenvalue weighted by atomic mass is 16.5. The molecule has 10 heteroatoms. The van der Waals surface area contributed by atoms with Gasteiger partial charge in [0.25, 0.3) is 5.91 Å². The Bertz CT molecular complexity index is 1060. The van der Waals surface area contributed by atoms with Crippen molar-refractivity contribution in [1.29, 1.82) is 0 Å². The molecule has 0 saturated carbocycles. The molecule has 0 bridgehead atoms. The second kappa shape index (κ2) is 9.58. The fourth-order valence-corrected chi connectivity index (χ4v) is 4.32. The van der Waals surface area contributed by atoms with E-state index in [0.717, 1.165) is 4.90 Å². The molecule has 3 heterocycles. The summed E-state index contributed by atoms with van der Waals surface area (Å²) in [7, 11) is 1.54. The highest BCUT2D eigenvalue weighted by Gasteiger charge is 2.49. The number of nitrogens with one attached hydrogen (secondary N) is 2. The normalized spacial score (nSPS) is 20.9. The van der Waals surface area contributed by atoms with Gasteiger partial charge >= 0.3 is 6.03 Å². The van der Waals surface area contributed by atoms with Gasteiger partial charge in [-0.3, -0.25) is 19.3 Å². The van der Waals surface area contributed by atoms with E-state index in [1.807, 2.05) is 0 Å². The highest BCUT2D eigenvalue weighted by Crippen LogP contribution is 2.30. The average Bonchev–Trinajstić information content (AvgIpc) is 3.45. The van der Waals surface area contributed by atoms with Gasteiger partial charge in [-0.05, 0) is 49.6 Å². The molecule has 1 unspecified atom stereocenters. The van der Waals surface area contributed by atoms with Crippen LogP contribution < -0.4 is 15.4 Å². The maximum absolute atomic E-state index is 13.1. The van der Waals surface area contributed by atoms with Crippen molar-refractivity contribution in [3.8, 4) is 5.75 Å². The molecule has 2 fully saturated rings. The molecule has 0 spiro atoms. The lowest BCUT2D eigenvalue weighted by molar-refractivity contribution is -0.140. The summed E-state index contributed by atoms with van der Waals surface area (Å²) >= 11 is 0. The SMILES string of the molecule is COc1ccc(C2(C)NC(=O)N(CC(=O)N3CCC(C(=O)NCc4ccco4)CC3)C2=O)cc1. The standard InChI is InChI=1S/C24H28N4O6/c1-24(17-5-7-18(33-2)8-6-17)22(31)28(23(32)26-24)15-20(29)27-11-9-16(10-12-27)21(30)25-14-19-4-3-13-34-19/h3-8,13,16H,9-12,14-15H2,1-2H3,(H,25,30)(H,26,32). The summed E-state index contributed by atoms with van der Waals surface area (Å²) in [4.78, 5) is 53.5. The zero-order chi connectivity index (χ0) is 24.3. The lowest BCUT2D eigenvalue weighted by Gasteiger charge is -2.32. The van der Waals surface area contributed by atoms with E-state index >= 15 is 0 Å². The van der Waals surface area contributed by atoms with Crippen LogP contribution in [0.5, 0.6) is 5.75 Å². The predicted molar refractivity (Wildman–Crippen MR) is 120 cm³/mol. The van der Waals surface area contributed by atoms with Crippen molar-refractivity contribution in [2.45, 2.75) is 31.8 Å². The number of hydrogen-bond donors (Lipinski definition) is 2. The number of carbonyl (C=O) groups is 4. The minimum atomic E-state index is -1.26. The van der Waals surface area contributed by atoms with Crippen LogP contribution in [0.1, 0.15) is 31.1 Å². The number of furan rings is 1. The van der Waals surface area contributed by atoms with Gasteiger partial charge in [0.2, 0.25) is 11.8 Å². The molecule has 34 heavy (non-hydrogen) atoms. The number of urea groups is 1. The van der Waals surface area contributed by atoms with Crippen LogP contribution in [0.25, 0.3) is 0 Å². The number of methoxy groups -OCH3 is 1. The first-order valence-corrected chi connectivity index (χ1v) is 11.2. The van der Waals surface area contributed by atoms with Crippen molar-refractivity contribution in [1.82, 2.24) is 20.4 Å². The van der Waals surface area contributed by atoms with E-state index in [0.29, 0.717) is 49.5 Å². The molecule has 2 N–H and O–H groups in total. The Labute approximate surface area is 197 Å². The van der Waals surface area contributed by atoms with E-state index in [9.17, 15) is 19.2 Å². The van der Waals surface area contributed by atoms with Gasteiger partial charge < -0.3 is 24.7 Å². The number of nitrogens with zero attached hydrogens (tertiary/aromatic N) is 2. The first kappa shape index (κ1) is 23.3. The van der Waals surface area contributed by atoms with Crippen molar-refractivity contribution < 1.29 is 28.3 Å². The molecule has 10 nitrogen and oxygen atoms in total. The maximum atomic E-state index is 13.1.